The van der Waals surface area contributed by atoms with Gasteiger partial charge in [0.25, 0.3) is 5.91 Å². The summed E-state index contributed by atoms with van der Waals surface area (Å²) in [6.45, 7) is 0.354. The van der Waals surface area contributed by atoms with Crippen LogP contribution in [0.5, 0.6) is 0 Å². The average Bonchev–Trinajstić information content (AvgIpc) is 2.89. The summed E-state index contributed by atoms with van der Waals surface area (Å²) >= 11 is 6.08. The van der Waals surface area contributed by atoms with Crippen LogP contribution in [-0.2, 0) is 4.79 Å². The Morgan fingerprint density at radius 2 is 1.79 bits per heavy atom. The second-order valence-corrected chi connectivity index (χ2v) is 5.76. The number of benzene rings is 2. The predicted molar refractivity (Wildman–Crippen MR) is 86.0 cm³/mol. The number of anilines is 1. The molecule has 1 heterocycles. The Hall–Kier alpha value is -2.47. The quantitative estimate of drug-likeness (QED) is 0.924. The fraction of sp³-hybridized carbons (Fsp3) is 0.176. The molecule has 0 saturated carbocycles. The zero-order valence-electron chi connectivity index (χ0n) is 12.4. The molecular formula is C17H13ClF2N2O2. The highest BCUT2D eigenvalue weighted by Crippen LogP contribution is 2.29. The second kappa shape index (κ2) is 6.57. The molecule has 1 N–H and O–H groups in total. The summed E-state index contributed by atoms with van der Waals surface area (Å²) in [6.07, 6.45) is 0.325. The van der Waals surface area contributed by atoms with E-state index in [9.17, 15) is 18.4 Å². The van der Waals surface area contributed by atoms with Crippen molar-refractivity contribution in [3.05, 3.63) is 64.7 Å². The molecule has 4 nitrogen and oxygen atoms in total. The third-order valence-corrected chi connectivity index (χ3v) is 4.16. The molecule has 124 valence electrons. The summed E-state index contributed by atoms with van der Waals surface area (Å²) in [4.78, 5) is 26.0. The Morgan fingerprint density at radius 1 is 1.12 bits per heavy atom. The van der Waals surface area contributed by atoms with Crippen molar-refractivity contribution in [3.63, 3.8) is 0 Å². The number of nitrogens with one attached hydrogen (secondary N) is 1. The van der Waals surface area contributed by atoms with Crippen LogP contribution in [0.1, 0.15) is 16.8 Å². The second-order valence-electron chi connectivity index (χ2n) is 5.35. The Kier molecular flexibility index (Phi) is 4.49. The highest BCUT2D eigenvalue weighted by atomic mass is 35.5. The predicted octanol–water partition coefficient (Wildman–Crippen LogP) is 3.15. The maximum absolute atomic E-state index is 13.7. The zero-order chi connectivity index (χ0) is 17.3. The molecule has 0 aliphatic carbocycles. The number of halogens is 3. The smallest absolute Gasteiger partial charge is 0.257 e. The van der Waals surface area contributed by atoms with Crippen LogP contribution >= 0.6 is 11.6 Å². The Balaban J connectivity index is 1.77. The zero-order valence-corrected chi connectivity index (χ0v) is 13.2. The standard InChI is InChI=1S/C17H13ClF2N2O2/c18-10-4-1-2-7-14(10)22-9-8-13(17(22)24)21-16(23)15-11(19)5-3-6-12(15)20/h1-7,13H,8-9H2,(H,21,23). The number of hydrogen-bond donors (Lipinski definition) is 1. The molecule has 7 heteroatoms. The van der Waals surface area contributed by atoms with Gasteiger partial charge in [0.1, 0.15) is 23.2 Å². The third-order valence-electron chi connectivity index (χ3n) is 3.84. The van der Waals surface area contributed by atoms with Crippen LogP contribution in [0.4, 0.5) is 14.5 Å². The minimum Gasteiger partial charge on any atom is -0.340 e. The van der Waals surface area contributed by atoms with E-state index < -0.39 is 29.1 Å². The molecule has 3 rings (SSSR count). The first-order valence-corrected chi connectivity index (χ1v) is 7.67. The molecule has 24 heavy (non-hydrogen) atoms. The molecule has 1 atom stereocenters. The van der Waals surface area contributed by atoms with Gasteiger partial charge >= 0.3 is 0 Å². The molecule has 2 aromatic carbocycles. The molecule has 0 spiro atoms. The van der Waals surface area contributed by atoms with Crippen molar-refractivity contribution in [2.24, 2.45) is 0 Å². The highest BCUT2D eigenvalue weighted by Gasteiger charge is 2.35. The maximum Gasteiger partial charge on any atom is 0.257 e. The van der Waals surface area contributed by atoms with Gasteiger partial charge in [0.15, 0.2) is 0 Å². The normalized spacial score (nSPS) is 17.2. The minimum absolute atomic E-state index is 0.325. The van der Waals surface area contributed by atoms with Crippen LogP contribution in [0, 0.1) is 11.6 Å². The van der Waals surface area contributed by atoms with Crippen LogP contribution in [0.3, 0.4) is 0 Å². The van der Waals surface area contributed by atoms with E-state index in [1.807, 2.05) is 0 Å². The van der Waals surface area contributed by atoms with Crippen LogP contribution in [0.15, 0.2) is 42.5 Å². The average molecular weight is 351 g/mol. The highest BCUT2D eigenvalue weighted by molar-refractivity contribution is 6.34. The largest absolute Gasteiger partial charge is 0.340 e. The van der Waals surface area contributed by atoms with Crippen LogP contribution in [0.25, 0.3) is 0 Å². The van der Waals surface area contributed by atoms with Crippen LogP contribution < -0.4 is 10.2 Å². The third kappa shape index (κ3) is 2.97. The number of hydrogen-bond acceptors (Lipinski definition) is 2. The number of rotatable bonds is 3. The molecular weight excluding hydrogens is 338 g/mol. The van der Waals surface area contributed by atoms with Gasteiger partial charge < -0.3 is 10.2 Å². The number of carbonyl (C=O) groups is 2. The first-order valence-electron chi connectivity index (χ1n) is 7.30. The van der Waals surface area contributed by atoms with E-state index in [0.29, 0.717) is 23.7 Å². The van der Waals surface area contributed by atoms with Crippen molar-refractivity contribution in [1.82, 2.24) is 5.32 Å². The lowest BCUT2D eigenvalue weighted by Gasteiger charge is -2.18. The first kappa shape index (κ1) is 16.4. The van der Waals surface area contributed by atoms with E-state index >= 15 is 0 Å². The van der Waals surface area contributed by atoms with Gasteiger partial charge in [0.05, 0.1) is 10.7 Å². The van der Waals surface area contributed by atoms with Crippen molar-refractivity contribution in [2.45, 2.75) is 12.5 Å². The van der Waals surface area contributed by atoms with Crippen molar-refractivity contribution in [1.29, 1.82) is 0 Å². The monoisotopic (exact) mass is 350 g/mol. The van der Waals surface area contributed by atoms with E-state index in [4.69, 9.17) is 11.6 Å². The molecule has 0 aromatic heterocycles. The summed E-state index contributed by atoms with van der Waals surface area (Å²) in [5.41, 5.74) is -0.153. The van der Waals surface area contributed by atoms with Gasteiger partial charge in [-0.2, -0.15) is 0 Å². The van der Waals surface area contributed by atoms with E-state index in [0.717, 1.165) is 12.1 Å². The number of amides is 2. The van der Waals surface area contributed by atoms with Crippen molar-refractivity contribution in [3.8, 4) is 0 Å². The topological polar surface area (TPSA) is 49.4 Å². The van der Waals surface area contributed by atoms with Crippen LogP contribution in [0.2, 0.25) is 5.02 Å². The molecule has 1 fully saturated rings. The molecule has 2 aromatic rings. The Bertz CT molecular complexity index is 793. The van der Waals surface area contributed by atoms with E-state index in [-0.39, 0.29) is 5.91 Å². The first-order chi connectivity index (χ1) is 11.5. The van der Waals surface area contributed by atoms with E-state index in [2.05, 4.69) is 5.32 Å². The molecule has 0 bridgehead atoms. The van der Waals surface area contributed by atoms with Gasteiger partial charge in [-0.15, -0.1) is 0 Å². The molecule has 2 amide bonds. The van der Waals surface area contributed by atoms with Crippen molar-refractivity contribution < 1.29 is 18.4 Å². The number of carbonyl (C=O) groups excluding carboxylic acids is 2. The number of nitrogens with zero attached hydrogens (tertiary/aromatic N) is 1. The summed E-state index contributed by atoms with van der Waals surface area (Å²) in [5, 5.41) is 2.81. The van der Waals surface area contributed by atoms with Crippen LogP contribution in [-0.4, -0.2) is 24.4 Å². The molecule has 1 saturated heterocycles. The lowest BCUT2D eigenvalue weighted by molar-refractivity contribution is -0.118. The van der Waals surface area contributed by atoms with E-state index in [1.54, 1.807) is 24.3 Å². The summed E-state index contributed by atoms with van der Waals surface area (Å²) in [7, 11) is 0. The van der Waals surface area contributed by atoms with Gasteiger partial charge in [0, 0.05) is 6.54 Å². The minimum atomic E-state index is -0.971. The lowest BCUT2D eigenvalue weighted by atomic mass is 10.1. The van der Waals surface area contributed by atoms with E-state index in [1.165, 1.54) is 11.0 Å². The molecule has 0 radical (unpaired) electrons. The fourth-order valence-electron chi connectivity index (χ4n) is 2.67. The maximum atomic E-state index is 13.7. The molecule has 1 unspecified atom stereocenters. The summed E-state index contributed by atoms with van der Waals surface area (Å²) in [5.74, 6) is -3.26. The van der Waals surface area contributed by atoms with Gasteiger partial charge in [-0.25, -0.2) is 8.78 Å². The molecule has 1 aliphatic heterocycles. The van der Waals surface area contributed by atoms with Gasteiger partial charge in [-0.05, 0) is 30.7 Å². The number of para-hydroxylation sites is 1. The van der Waals surface area contributed by atoms with Gasteiger partial charge in [-0.3, -0.25) is 9.59 Å². The van der Waals surface area contributed by atoms with Gasteiger partial charge in [-0.1, -0.05) is 29.8 Å². The van der Waals surface area contributed by atoms with Crippen molar-refractivity contribution >= 4 is 29.1 Å². The fourth-order valence-corrected chi connectivity index (χ4v) is 2.91. The summed E-state index contributed by atoms with van der Waals surface area (Å²) in [6, 6.07) is 9.14. The Morgan fingerprint density at radius 3 is 2.46 bits per heavy atom. The van der Waals surface area contributed by atoms with Gasteiger partial charge in [0.2, 0.25) is 5.91 Å². The summed E-state index contributed by atoms with van der Waals surface area (Å²) < 4.78 is 27.3. The van der Waals surface area contributed by atoms with Crippen molar-refractivity contribution in [2.75, 3.05) is 11.4 Å². The lowest BCUT2D eigenvalue weighted by Crippen LogP contribution is -2.42. The molecule has 1 aliphatic rings. The SMILES string of the molecule is O=C(NC1CCN(c2ccccc2Cl)C1=O)c1c(F)cccc1F. The Labute approximate surface area is 142 Å².